The van der Waals surface area contributed by atoms with Crippen LogP contribution < -0.4 is 14.7 Å². The van der Waals surface area contributed by atoms with Gasteiger partial charge in [-0.15, -0.1) is 0 Å². The molecule has 0 saturated carbocycles. The lowest BCUT2D eigenvalue weighted by molar-refractivity contribution is -0.982. The summed E-state index contributed by atoms with van der Waals surface area (Å²) in [4.78, 5) is 5.72. The maximum absolute atomic E-state index is 2.29. The third-order valence-electron chi connectivity index (χ3n) is 7.52. The van der Waals surface area contributed by atoms with E-state index >= 15 is 0 Å². The van der Waals surface area contributed by atoms with E-state index in [4.69, 9.17) is 0 Å². The van der Waals surface area contributed by atoms with E-state index in [2.05, 4.69) is 30.3 Å². The fourth-order valence-corrected chi connectivity index (χ4v) is 5.89. The number of likely N-dealkylation sites (tertiary alicyclic amines) is 3. The average molecular weight is 359 g/mol. The Morgan fingerprint density at radius 3 is 1.77 bits per heavy atom. The lowest BCUT2D eigenvalue weighted by Gasteiger charge is -2.39. The van der Waals surface area contributed by atoms with Gasteiger partial charge in [-0.25, -0.2) is 0 Å². The van der Waals surface area contributed by atoms with Gasteiger partial charge in [0.1, 0.15) is 6.54 Å². The lowest BCUT2D eigenvalue weighted by Crippen LogP contribution is -3.23. The van der Waals surface area contributed by atoms with Crippen molar-refractivity contribution >= 4 is 0 Å². The summed E-state index contributed by atoms with van der Waals surface area (Å²) in [6, 6.07) is 13.0. The van der Waals surface area contributed by atoms with Crippen molar-refractivity contribution in [2.24, 2.45) is 0 Å². The van der Waals surface area contributed by atoms with Crippen LogP contribution in [-0.2, 0) is 6.54 Å². The van der Waals surface area contributed by atoms with Gasteiger partial charge in [0.15, 0.2) is 0 Å². The fraction of sp³-hybridized carbons (Fsp3) is 0.739. The highest BCUT2D eigenvalue weighted by molar-refractivity contribution is 5.13. The second-order valence-electron chi connectivity index (χ2n) is 9.19. The summed E-state index contributed by atoms with van der Waals surface area (Å²) >= 11 is 0. The zero-order chi connectivity index (χ0) is 17.6. The molecule has 3 nitrogen and oxygen atoms in total. The molecular formula is C23H40N3+3. The number of rotatable bonds is 4. The molecule has 0 aromatic heterocycles. The summed E-state index contributed by atoms with van der Waals surface area (Å²) in [6.45, 7) is 9.80. The van der Waals surface area contributed by atoms with Crippen molar-refractivity contribution in [3.63, 3.8) is 0 Å². The number of piperidine rings is 2. The van der Waals surface area contributed by atoms with Crippen molar-refractivity contribution in [1.82, 2.24) is 0 Å². The Morgan fingerprint density at radius 2 is 1.15 bits per heavy atom. The number of benzene rings is 1. The van der Waals surface area contributed by atoms with Crippen molar-refractivity contribution < 1.29 is 14.7 Å². The van der Waals surface area contributed by atoms with Crippen molar-refractivity contribution in [3.8, 4) is 0 Å². The Morgan fingerprint density at radius 1 is 0.615 bits per heavy atom. The van der Waals surface area contributed by atoms with Gasteiger partial charge in [0.2, 0.25) is 0 Å². The van der Waals surface area contributed by atoms with Gasteiger partial charge in [0.05, 0.1) is 51.4 Å². The van der Waals surface area contributed by atoms with Gasteiger partial charge < -0.3 is 14.7 Å². The molecule has 1 aromatic carbocycles. The molecule has 4 rings (SSSR count). The summed E-state index contributed by atoms with van der Waals surface area (Å²) in [6.07, 6.45) is 11.8. The molecular weight excluding hydrogens is 318 g/mol. The summed E-state index contributed by atoms with van der Waals surface area (Å²) in [7, 11) is 0. The summed E-state index contributed by atoms with van der Waals surface area (Å²) in [5, 5.41) is 0. The fourth-order valence-electron chi connectivity index (χ4n) is 5.89. The first-order valence-corrected chi connectivity index (χ1v) is 11.4. The Labute approximate surface area is 160 Å². The standard InChI is InChI=1S/C23H37N3/c1-2-7-15-25(14-6-1)23-12-18-26(19-13-23)22-10-16-24(17-11-22)20-21-8-4-3-5-9-21/h3-5,8-9,22-23H,1-2,6-7,10-20H2/p+3. The first-order valence-electron chi connectivity index (χ1n) is 11.4. The van der Waals surface area contributed by atoms with E-state index < -0.39 is 0 Å². The maximum Gasteiger partial charge on any atom is 0.103 e. The van der Waals surface area contributed by atoms with E-state index in [-0.39, 0.29) is 0 Å². The van der Waals surface area contributed by atoms with Crippen LogP contribution in [0.15, 0.2) is 30.3 Å². The minimum absolute atomic E-state index is 0.953. The van der Waals surface area contributed by atoms with Crippen LogP contribution in [0.3, 0.4) is 0 Å². The molecule has 0 atom stereocenters. The number of quaternary nitrogens is 3. The van der Waals surface area contributed by atoms with Gasteiger partial charge in [-0.1, -0.05) is 30.3 Å². The molecule has 0 spiro atoms. The predicted octanol–water partition coefficient (Wildman–Crippen LogP) is -0.260. The Bertz CT molecular complexity index is 508. The Kier molecular flexibility index (Phi) is 6.63. The molecule has 3 aliphatic rings. The van der Waals surface area contributed by atoms with Crippen LogP contribution in [0.4, 0.5) is 0 Å². The molecule has 3 heterocycles. The summed E-state index contributed by atoms with van der Waals surface area (Å²) in [5.74, 6) is 0. The molecule has 0 unspecified atom stereocenters. The van der Waals surface area contributed by atoms with Crippen molar-refractivity contribution in [2.75, 3.05) is 39.3 Å². The number of hydrogen-bond donors (Lipinski definition) is 3. The first-order chi connectivity index (χ1) is 12.9. The molecule has 0 bridgehead atoms. The van der Waals surface area contributed by atoms with Gasteiger partial charge >= 0.3 is 0 Å². The van der Waals surface area contributed by atoms with Crippen molar-refractivity contribution in [1.29, 1.82) is 0 Å². The lowest BCUT2D eigenvalue weighted by atomic mass is 9.96. The Hall–Kier alpha value is -0.900. The topological polar surface area (TPSA) is 13.3 Å². The molecule has 3 aliphatic heterocycles. The molecule has 144 valence electrons. The van der Waals surface area contributed by atoms with Crippen LogP contribution in [0.25, 0.3) is 0 Å². The van der Waals surface area contributed by atoms with E-state index in [1.54, 1.807) is 4.90 Å². The molecule has 0 amide bonds. The third kappa shape index (κ3) is 4.88. The minimum atomic E-state index is 0.953. The van der Waals surface area contributed by atoms with Crippen LogP contribution in [0, 0.1) is 0 Å². The van der Waals surface area contributed by atoms with Gasteiger partial charge in [-0.3, -0.25) is 0 Å². The quantitative estimate of drug-likeness (QED) is 0.657. The monoisotopic (exact) mass is 358 g/mol. The van der Waals surface area contributed by atoms with E-state index in [9.17, 15) is 0 Å². The van der Waals surface area contributed by atoms with Crippen molar-refractivity contribution in [3.05, 3.63) is 35.9 Å². The highest BCUT2D eigenvalue weighted by Crippen LogP contribution is 2.05. The van der Waals surface area contributed by atoms with Gasteiger partial charge in [0.25, 0.3) is 0 Å². The number of nitrogens with one attached hydrogen (secondary N) is 3. The SMILES string of the molecule is c1ccc(C[NH+]2CCC([NH+]3CCC([NH+]4CCCCCC4)CC3)CC2)cc1. The molecule has 3 N–H and O–H groups in total. The molecule has 3 heteroatoms. The first kappa shape index (κ1) is 18.5. The van der Waals surface area contributed by atoms with Crippen LogP contribution in [-0.4, -0.2) is 51.4 Å². The van der Waals surface area contributed by atoms with Crippen LogP contribution >= 0.6 is 0 Å². The van der Waals surface area contributed by atoms with Gasteiger partial charge in [-0.05, 0) is 25.7 Å². The van der Waals surface area contributed by atoms with Gasteiger partial charge in [-0.2, -0.15) is 0 Å². The van der Waals surface area contributed by atoms with Crippen LogP contribution in [0.1, 0.15) is 56.9 Å². The molecule has 0 radical (unpaired) electrons. The second-order valence-corrected chi connectivity index (χ2v) is 9.19. The molecule has 1 aromatic rings. The minimum Gasteiger partial charge on any atom is -0.332 e. The van der Waals surface area contributed by atoms with Gasteiger partial charge in [0, 0.05) is 31.2 Å². The summed E-state index contributed by atoms with van der Waals surface area (Å²) < 4.78 is 0. The zero-order valence-corrected chi connectivity index (χ0v) is 16.6. The maximum atomic E-state index is 2.29. The molecule has 26 heavy (non-hydrogen) atoms. The number of hydrogen-bond acceptors (Lipinski definition) is 0. The molecule has 3 saturated heterocycles. The van der Waals surface area contributed by atoms with Crippen LogP contribution in [0.5, 0.6) is 0 Å². The average Bonchev–Trinajstić information content (AvgIpc) is 2.99. The smallest absolute Gasteiger partial charge is 0.103 e. The highest BCUT2D eigenvalue weighted by Gasteiger charge is 2.35. The second kappa shape index (κ2) is 9.34. The van der Waals surface area contributed by atoms with E-state index in [0.717, 1.165) is 12.1 Å². The van der Waals surface area contributed by atoms with E-state index in [1.165, 1.54) is 103 Å². The van der Waals surface area contributed by atoms with E-state index in [1.807, 2.05) is 9.80 Å². The molecule has 0 aliphatic carbocycles. The van der Waals surface area contributed by atoms with E-state index in [0.29, 0.717) is 0 Å². The predicted molar refractivity (Wildman–Crippen MR) is 107 cm³/mol. The largest absolute Gasteiger partial charge is 0.332 e. The summed E-state index contributed by atoms with van der Waals surface area (Å²) in [5.41, 5.74) is 1.51. The Balaban J connectivity index is 1.20. The normalized spacial score (nSPS) is 34.3. The highest BCUT2D eigenvalue weighted by atomic mass is 15.2. The molecule has 3 fully saturated rings. The third-order valence-corrected chi connectivity index (χ3v) is 7.52. The zero-order valence-electron chi connectivity index (χ0n) is 16.6. The van der Waals surface area contributed by atoms with Crippen molar-refractivity contribution in [2.45, 2.75) is 70.0 Å². The van der Waals surface area contributed by atoms with Crippen LogP contribution in [0.2, 0.25) is 0 Å².